The van der Waals surface area contributed by atoms with Crippen LogP contribution in [0.1, 0.15) is 38.1 Å². The van der Waals surface area contributed by atoms with Crippen LogP contribution >= 0.6 is 0 Å². The van der Waals surface area contributed by atoms with Gasteiger partial charge < -0.3 is 15.2 Å². The van der Waals surface area contributed by atoms with Crippen LogP contribution in [0.3, 0.4) is 0 Å². The minimum absolute atomic E-state index is 0.0939. The van der Waals surface area contributed by atoms with E-state index >= 15 is 0 Å². The number of carboxylic acids is 1. The van der Waals surface area contributed by atoms with Crippen LogP contribution in [0.2, 0.25) is 0 Å². The van der Waals surface area contributed by atoms with Gasteiger partial charge in [0.15, 0.2) is 0 Å². The quantitative estimate of drug-likeness (QED) is 0.875. The normalized spacial score (nSPS) is 11.9. The van der Waals surface area contributed by atoms with Crippen LogP contribution in [-0.2, 0) is 4.79 Å². The number of amides is 1. The van der Waals surface area contributed by atoms with E-state index in [0.29, 0.717) is 0 Å². The highest BCUT2D eigenvalue weighted by atomic mass is 19.1. The molecule has 1 aromatic carbocycles. The van der Waals surface area contributed by atoms with Crippen molar-refractivity contribution in [1.82, 2.24) is 5.32 Å². The molecule has 6 heteroatoms. The van der Waals surface area contributed by atoms with E-state index in [1.165, 1.54) is 33.1 Å². The Balaban J connectivity index is 3.15. The van der Waals surface area contributed by atoms with Crippen molar-refractivity contribution in [2.75, 3.05) is 7.11 Å². The largest absolute Gasteiger partial charge is 0.496 e. The van der Waals surface area contributed by atoms with Crippen molar-refractivity contribution >= 4 is 11.9 Å². The summed E-state index contributed by atoms with van der Waals surface area (Å²) in [4.78, 5) is 23.6. The van der Waals surface area contributed by atoms with E-state index in [-0.39, 0.29) is 11.3 Å². The smallest absolute Gasteiger partial charge is 0.311 e. The molecule has 1 rings (SSSR count). The lowest BCUT2D eigenvalue weighted by Crippen LogP contribution is -2.57. The Morgan fingerprint density at radius 2 is 1.81 bits per heavy atom. The Morgan fingerprint density at radius 1 is 1.24 bits per heavy atom. The molecule has 1 aromatic rings. The first kappa shape index (κ1) is 16.9. The molecule has 116 valence electrons. The van der Waals surface area contributed by atoms with Gasteiger partial charge in [-0.25, -0.2) is 4.39 Å². The Kier molecular flexibility index (Phi) is 4.61. The van der Waals surface area contributed by atoms with Gasteiger partial charge >= 0.3 is 5.97 Å². The van der Waals surface area contributed by atoms with Crippen LogP contribution < -0.4 is 10.1 Å². The number of rotatable bonds is 5. The predicted molar refractivity (Wildman–Crippen MR) is 75.9 cm³/mol. The first-order valence-corrected chi connectivity index (χ1v) is 6.43. The molecule has 0 aliphatic rings. The van der Waals surface area contributed by atoms with Crippen molar-refractivity contribution in [1.29, 1.82) is 0 Å². The standard InChI is InChI=1S/C15H20FNO4/c1-14(2,13(19)20)15(3,4)17-12(18)11-9(16)7-6-8-10(11)21-5/h6-8H,1-5H3,(H,17,18)(H,19,20). The fourth-order valence-electron chi connectivity index (χ4n) is 1.66. The fourth-order valence-corrected chi connectivity index (χ4v) is 1.66. The van der Waals surface area contributed by atoms with E-state index in [2.05, 4.69) is 5.32 Å². The molecular formula is C15H20FNO4. The zero-order valence-electron chi connectivity index (χ0n) is 12.8. The van der Waals surface area contributed by atoms with E-state index in [1.807, 2.05) is 0 Å². The van der Waals surface area contributed by atoms with Gasteiger partial charge in [-0.1, -0.05) is 6.07 Å². The third kappa shape index (κ3) is 3.15. The maximum Gasteiger partial charge on any atom is 0.311 e. The zero-order valence-corrected chi connectivity index (χ0v) is 12.8. The van der Waals surface area contributed by atoms with Gasteiger partial charge in [-0.2, -0.15) is 0 Å². The molecule has 0 aromatic heterocycles. The lowest BCUT2D eigenvalue weighted by Gasteiger charge is -2.38. The molecule has 0 fully saturated rings. The molecule has 0 saturated carbocycles. The van der Waals surface area contributed by atoms with Gasteiger partial charge in [0.1, 0.15) is 17.1 Å². The third-order valence-electron chi connectivity index (χ3n) is 3.95. The van der Waals surface area contributed by atoms with Crippen molar-refractivity contribution in [3.63, 3.8) is 0 Å². The van der Waals surface area contributed by atoms with Crippen molar-refractivity contribution in [2.45, 2.75) is 33.2 Å². The number of benzene rings is 1. The van der Waals surface area contributed by atoms with Gasteiger partial charge in [0.25, 0.3) is 5.91 Å². The van der Waals surface area contributed by atoms with Crippen molar-refractivity contribution in [3.05, 3.63) is 29.6 Å². The lowest BCUT2D eigenvalue weighted by molar-refractivity contribution is -0.150. The molecule has 0 atom stereocenters. The Hall–Kier alpha value is -2.11. The highest BCUT2D eigenvalue weighted by Gasteiger charge is 2.45. The predicted octanol–water partition coefficient (Wildman–Crippen LogP) is 2.45. The Morgan fingerprint density at radius 3 is 2.29 bits per heavy atom. The first-order chi connectivity index (χ1) is 9.54. The summed E-state index contributed by atoms with van der Waals surface area (Å²) in [6.45, 7) is 6.14. The van der Waals surface area contributed by atoms with Crippen LogP contribution in [0, 0.1) is 11.2 Å². The number of carbonyl (C=O) groups is 2. The molecule has 0 heterocycles. The second kappa shape index (κ2) is 5.71. The van der Waals surface area contributed by atoms with Gasteiger partial charge in [0, 0.05) is 0 Å². The lowest BCUT2D eigenvalue weighted by atomic mass is 9.74. The minimum atomic E-state index is -1.23. The minimum Gasteiger partial charge on any atom is -0.496 e. The number of nitrogens with one attached hydrogen (secondary N) is 1. The summed E-state index contributed by atoms with van der Waals surface area (Å²) in [5.74, 6) is -2.41. The topological polar surface area (TPSA) is 75.6 Å². The highest BCUT2D eigenvalue weighted by Crippen LogP contribution is 2.32. The number of hydrogen-bond acceptors (Lipinski definition) is 3. The molecule has 21 heavy (non-hydrogen) atoms. The second-order valence-corrected chi connectivity index (χ2v) is 5.83. The molecular weight excluding hydrogens is 277 g/mol. The number of methoxy groups -OCH3 is 1. The third-order valence-corrected chi connectivity index (χ3v) is 3.95. The summed E-state index contributed by atoms with van der Waals surface area (Å²) in [7, 11) is 1.33. The maximum atomic E-state index is 13.9. The fraction of sp³-hybridized carbons (Fsp3) is 0.467. The number of aliphatic carboxylic acids is 1. The van der Waals surface area contributed by atoms with E-state index in [4.69, 9.17) is 4.74 Å². The summed E-state index contributed by atoms with van der Waals surface area (Å²) < 4.78 is 18.8. The number of hydrogen-bond donors (Lipinski definition) is 2. The maximum absolute atomic E-state index is 13.9. The second-order valence-electron chi connectivity index (χ2n) is 5.83. The van der Waals surface area contributed by atoms with Crippen LogP contribution in [0.4, 0.5) is 4.39 Å². The van der Waals surface area contributed by atoms with Crippen LogP contribution in [-0.4, -0.2) is 29.6 Å². The van der Waals surface area contributed by atoms with Crippen LogP contribution in [0.15, 0.2) is 18.2 Å². The zero-order chi connectivity index (χ0) is 16.4. The molecule has 5 nitrogen and oxygen atoms in total. The van der Waals surface area contributed by atoms with Gasteiger partial charge in [-0.3, -0.25) is 9.59 Å². The monoisotopic (exact) mass is 297 g/mol. The summed E-state index contributed by atoms with van der Waals surface area (Å²) in [5, 5.41) is 11.8. The van der Waals surface area contributed by atoms with E-state index in [1.54, 1.807) is 13.8 Å². The van der Waals surface area contributed by atoms with Crippen molar-refractivity contribution in [2.24, 2.45) is 5.41 Å². The van der Waals surface area contributed by atoms with Gasteiger partial charge in [-0.15, -0.1) is 0 Å². The Labute approximate surface area is 123 Å². The average Bonchev–Trinajstić information content (AvgIpc) is 2.36. The molecule has 1 amide bonds. The summed E-state index contributed by atoms with van der Waals surface area (Å²) in [6.07, 6.45) is 0. The molecule has 0 aliphatic carbocycles. The number of carboxylic acid groups (broad SMARTS) is 1. The average molecular weight is 297 g/mol. The molecule has 0 bridgehead atoms. The van der Waals surface area contributed by atoms with Crippen LogP contribution in [0.5, 0.6) is 5.75 Å². The SMILES string of the molecule is COc1cccc(F)c1C(=O)NC(C)(C)C(C)(C)C(=O)O. The van der Waals surface area contributed by atoms with Gasteiger partial charge in [0.05, 0.1) is 18.1 Å². The molecule has 2 N–H and O–H groups in total. The van der Waals surface area contributed by atoms with Crippen molar-refractivity contribution in [3.8, 4) is 5.75 Å². The molecule has 0 radical (unpaired) electrons. The molecule has 0 spiro atoms. The number of carbonyl (C=O) groups excluding carboxylic acids is 1. The first-order valence-electron chi connectivity index (χ1n) is 6.43. The van der Waals surface area contributed by atoms with E-state index in [9.17, 15) is 19.1 Å². The van der Waals surface area contributed by atoms with E-state index < -0.39 is 28.6 Å². The molecule has 0 saturated heterocycles. The van der Waals surface area contributed by atoms with Gasteiger partial charge in [-0.05, 0) is 39.8 Å². The van der Waals surface area contributed by atoms with Gasteiger partial charge in [0.2, 0.25) is 0 Å². The van der Waals surface area contributed by atoms with Crippen molar-refractivity contribution < 1.29 is 23.8 Å². The highest BCUT2D eigenvalue weighted by molar-refractivity contribution is 5.98. The number of halogens is 1. The molecule has 0 aliphatic heterocycles. The summed E-state index contributed by atoms with van der Waals surface area (Å²) in [6, 6.07) is 4.04. The summed E-state index contributed by atoms with van der Waals surface area (Å²) >= 11 is 0. The van der Waals surface area contributed by atoms with E-state index in [0.717, 1.165) is 6.07 Å². The Bertz CT molecular complexity index is 567. The molecule has 0 unspecified atom stereocenters. The summed E-state index contributed by atoms with van der Waals surface area (Å²) in [5.41, 5.74) is -2.57. The van der Waals surface area contributed by atoms with Crippen LogP contribution in [0.25, 0.3) is 0 Å². The number of ether oxygens (including phenoxy) is 1.